The van der Waals surface area contributed by atoms with Crippen molar-refractivity contribution in [3.05, 3.63) is 65.1 Å². The molecule has 0 spiro atoms. The Hall–Kier alpha value is -2.00. The molecule has 3 rings (SSSR count). The van der Waals surface area contributed by atoms with Crippen molar-refractivity contribution in [2.75, 3.05) is 7.11 Å². The highest BCUT2D eigenvalue weighted by Gasteiger charge is 2.08. The molecule has 19 heavy (non-hydrogen) atoms. The molecule has 0 saturated carbocycles. The number of aromatic nitrogens is 2. The molecule has 0 fully saturated rings. The second-order valence-corrected chi connectivity index (χ2v) is 4.74. The highest BCUT2D eigenvalue weighted by atomic mass is 35.5. The normalized spacial score (nSPS) is 10.8. The van der Waals surface area contributed by atoms with E-state index in [-0.39, 0.29) is 0 Å². The van der Waals surface area contributed by atoms with Gasteiger partial charge in [-0.2, -0.15) is 0 Å². The largest absolute Gasteiger partial charge is 0.482 e. The highest BCUT2D eigenvalue weighted by molar-refractivity contribution is 6.30. The Morgan fingerprint density at radius 3 is 2.68 bits per heavy atom. The molecule has 0 bridgehead atoms. The van der Waals surface area contributed by atoms with Gasteiger partial charge in [0.2, 0.25) is 0 Å². The number of pyridine rings is 1. The molecule has 2 aromatic heterocycles. The average Bonchev–Trinajstić information content (AvgIpc) is 2.85. The SMILES string of the molecule is COc1cccc2cnc(Cc3ccc(Cl)cc3)n12. The smallest absolute Gasteiger partial charge is 0.199 e. The molecule has 4 heteroatoms. The van der Waals surface area contributed by atoms with Gasteiger partial charge in [-0.3, -0.25) is 4.40 Å². The van der Waals surface area contributed by atoms with E-state index >= 15 is 0 Å². The monoisotopic (exact) mass is 272 g/mol. The van der Waals surface area contributed by atoms with Crippen LogP contribution in [0.15, 0.2) is 48.7 Å². The minimum atomic E-state index is 0.742. The quantitative estimate of drug-likeness (QED) is 0.728. The minimum absolute atomic E-state index is 0.742. The van der Waals surface area contributed by atoms with E-state index in [2.05, 4.69) is 4.98 Å². The van der Waals surface area contributed by atoms with Crippen molar-refractivity contribution in [1.82, 2.24) is 9.38 Å². The number of methoxy groups -OCH3 is 1. The lowest BCUT2D eigenvalue weighted by atomic mass is 10.1. The van der Waals surface area contributed by atoms with Gasteiger partial charge in [0.1, 0.15) is 5.82 Å². The van der Waals surface area contributed by atoms with E-state index in [4.69, 9.17) is 16.3 Å². The molecule has 2 heterocycles. The third kappa shape index (κ3) is 2.29. The number of hydrogen-bond acceptors (Lipinski definition) is 2. The van der Waals surface area contributed by atoms with E-state index in [1.165, 1.54) is 5.56 Å². The Kier molecular flexibility index (Phi) is 3.13. The number of nitrogens with zero attached hydrogens (tertiary/aromatic N) is 2. The van der Waals surface area contributed by atoms with Crippen LogP contribution in [0, 0.1) is 0 Å². The summed E-state index contributed by atoms with van der Waals surface area (Å²) in [5, 5.41) is 0.745. The Labute approximate surface area is 116 Å². The van der Waals surface area contributed by atoms with Crippen molar-refractivity contribution >= 4 is 17.1 Å². The van der Waals surface area contributed by atoms with Crippen LogP contribution in [0.3, 0.4) is 0 Å². The minimum Gasteiger partial charge on any atom is -0.482 e. The first-order chi connectivity index (χ1) is 9.28. The van der Waals surface area contributed by atoms with Crippen LogP contribution in [-0.4, -0.2) is 16.5 Å². The lowest BCUT2D eigenvalue weighted by molar-refractivity contribution is 0.390. The van der Waals surface area contributed by atoms with Gasteiger partial charge in [-0.1, -0.05) is 29.8 Å². The molecule has 0 saturated heterocycles. The van der Waals surface area contributed by atoms with Gasteiger partial charge in [-0.15, -0.1) is 0 Å². The molecular weight excluding hydrogens is 260 g/mol. The van der Waals surface area contributed by atoms with Gasteiger partial charge in [0.05, 0.1) is 18.8 Å². The molecule has 0 atom stereocenters. The standard InChI is InChI=1S/C15H13ClN2O/c1-19-15-4-2-3-13-10-17-14(18(13)15)9-11-5-7-12(16)8-6-11/h2-8,10H,9H2,1H3. The van der Waals surface area contributed by atoms with E-state index in [0.29, 0.717) is 0 Å². The van der Waals surface area contributed by atoms with Gasteiger partial charge < -0.3 is 4.74 Å². The second kappa shape index (κ2) is 4.94. The fourth-order valence-electron chi connectivity index (χ4n) is 2.15. The summed E-state index contributed by atoms with van der Waals surface area (Å²) in [6.45, 7) is 0. The molecular formula is C15H13ClN2O. The second-order valence-electron chi connectivity index (χ2n) is 4.31. The van der Waals surface area contributed by atoms with Crippen molar-refractivity contribution in [2.24, 2.45) is 0 Å². The summed E-state index contributed by atoms with van der Waals surface area (Å²) in [5.74, 6) is 1.74. The summed E-state index contributed by atoms with van der Waals surface area (Å²) < 4.78 is 7.41. The molecule has 0 aliphatic carbocycles. The van der Waals surface area contributed by atoms with Crippen molar-refractivity contribution in [2.45, 2.75) is 6.42 Å². The predicted molar refractivity (Wildman–Crippen MR) is 76.0 cm³/mol. The first kappa shape index (κ1) is 12.1. The summed E-state index contributed by atoms with van der Waals surface area (Å²) in [6.07, 6.45) is 2.60. The summed E-state index contributed by atoms with van der Waals surface area (Å²) in [7, 11) is 1.67. The summed E-state index contributed by atoms with van der Waals surface area (Å²) in [4.78, 5) is 4.47. The molecule has 0 aliphatic heterocycles. The fraction of sp³-hybridized carbons (Fsp3) is 0.133. The molecule has 96 valence electrons. The first-order valence-electron chi connectivity index (χ1n) is 6.02. The molecule has 0 radical (unpaired) electrons. The van der Waals surface area contributed by atoms with Crippen molar-refractivity contribution in [3.8, 4) is 5.88 Å². The number of imidazole rings is 1. The van der Waals surface area contributed by atoms with Gasteiger partial charge in [-0.25, -0.2) is 4.98 Å². The van der Waals surface area contributed by atoms with Gasteiger partial charge in [-0.05, 0) is 29.8 Å². The number of fused-ring (bicyclic) bond motifs is 1. The molecule has 0 amide bonds. The number of benzene rings is 1. The number of rotatable bonds is 3. The van der Waals surface area contributed by atoms with Crippen LogP contribution < -0.4 is 4.74 Å². The number of ether oxygens (including phenoxy) is 1. The van der Waals surface area contributed by atoms with Gasteiger partial charge in [0.15, 0.2) is 5.88 Å². The summed E-state index contributed by atoms with van der Waals surface area (Å²) in [6, 6.07) is 13.7. The van der Waals surface area contributed by atoms with Crippen LogP contribution in [0.1, 0.15) is 11.4 Å². The van der Waals surface area contributed by atoms with Crippen LogP contribution in [0.5, 0.6) is 5.88 Å². The summed E-state index contributed by atoms with van der Waals surface area (Å²) >= 11 is 5.90. The Morgan fingerprint density at radius 2 is 1.95 bits per heavy atom. The lowest BCUT2D eigenvalue weighted by Gasteiger charge is -2.07. The first-order valence-corrected chi connectivity index (χ1v) is 6.39. The fourth-order valence-corrected chi connectivity index (χ4v) is 2.28. The number of hydrogen-bond donors (Lipinski definition) is 0. The predicted octanol–water partition coefficient (Wildman–Crippen LogP) is 3.59. The van der Waals surface area contributed by atoms with Crippen LogP contribution in [0.4, 0.5) is 0 Å². The van der Waals surface area contributed by atoms with E-state index < -0.39 is 0 Å². The maximum absolute atomic E-state index is 5.90. The van der Waals surface area contributed by atoms with Gasteiger partial charge in [0, 0.05) is 11.4 Å². The van der Waals surface area contributed by atoms with E-state index in [9.17, 15) is 0 Å². The number of halogens is 1. The molecule has 1 aromatic carbocycles. The molecule has 0 unspecified atom stereocenters. The molecule has 0 aliphatic rings. The van der Waals surface area contributed by atoms with Crippen LogP contribution >= 0.6 is 11.6 Å². The zero-order valence-corrected chi connectivity index (χ0v) is 11.3. The van der Waals surface area contributed by atoms with E-state index in [1.54, 1.807) is 7.11 Å². The average molecular weight is 273 g/mol. The van der Waals surface area contributed by atoms with Crippen molar-refractivity contribution in [1.29, 1.82) is 0 Å². The third-order valence-corrected chi connectivity index (χ3v) is 3.32. The Morgan fingerprint density at radius 1 is 1.16 bits per heavy atom. The highest BCUT2D eigenvalue weighted by Crippen LogP contribution is 2.19. The van der Waals surface area contributed by atoms with Crippen LogP contribution in [0.2, 0.25) is 5.02 Å². The lowest BCUT2D eigenvalue weighted by Crippen LogP contribution is -2.00. The van der Waals surface area contributed by atoms with E-state index in [1.807, 2.05) is 53.1 Å². The molecule has 0 N–H and O–H groups in total. The maximum Gasteiger partial charge on any atom is 0.199 e. The Bertz CT molecular complexity index is 704. The molecule has 3 aromatic rings. The van der Waals surface area contributed by atoms with E-state index in [0.717, 1.165) is 28.7 Å². The summed E-state index contributed by atoms with van der Waals surface area (Å²) in [5.41, 5.74) is 2.20. The van der Waals surface area contributed by atoms with Crippen LogP contribution in [-0.2, 0) is 6.42 Å². The topological polar surface area (TPSA) is 26.5 Å². The van der Waals surface area contributed by atoms with Gasteiger partial charge in [0.25, 0.3) is 0 Å². The van der Waals surface area contributed by atoms with Crippen LogP contribution in [0.25, 0.3) is 5.52 Å². The Balaban J connectivity index is 2.03. The van der Waals surface area contributed by atoms with Gasteiger partial charge >= 0.3 is 0 Å². The molecule has 3 nitrogen and oxygen atoms in total. The zero-order chi connectivity index (χ0) is 13.2. The zero-order valence-electron chi connectivity index (χ0n) is 10.5. The third-order valence-electron chi connectivity index (χ3n) is 3.07. The maximum atomic E-state index is 5.90. The van der Waals surface area contributed by atoms with Crippen molar-refractivity contribution < 1.29 is 4.74 Å². The van der Waals surface area contributed by atoms with Crippen molar-refractivity contribution in [3.63, 3.8) is 0 Å².